The zero-order chi connectivity index (χ0) is 11.3. The van der Waals surface area contributed by atoms with Crippen LogP contribution in [0.1, 0.15) is 30.4 Å². The molecule has 2 aliphatic rings. The first-order valence-corrected chi connectivity index (χ1v) is 5.82. The van der Waals surface area contributed by atoms with Gasteiger partial charge in [0.05, 0.1) is 7.11 Å². The summed E-state index contributed by atoms with van der Waals surface area (Å²) in [5.74, 6) is 2.44. The molecule has 3 heteroatoms. The Bertz CT molecular complexity index is 430. The van der Waals surface area contributed by atoms with E-state index in [9.17, 15) is 0 Å². The monoisotopic (exact) mass is 219 g/mol. The van der Waals surface area contributed by atoms with Crippen LogP contribution in [0.3, 0.4) is 0 Å². The number of hydrogen-bond donors (Lipinski definition) is 1. The van der Waals surface area contributed by atoms with Gasteiger partial charge in [0, 0.05) is 29.5 Å². The second-order valence-corrected chi connectivity index (χ2v) is 4.84. The Kier molecular flexibility index (Phi) is 2.11. The summed E-state index contributed by atoms with van der Waals surface area (Å²) in [7, 11) is 1.72. The molecule has 3 nitrogen and oxygen atoms in total. The molecule has 1 heterocycles. The topological polar surface area (TPSA) is 44.5 Å². The Hall–Kier alpha value is -1.22. The maximum atomic E-state index is 5.90. The third kappa shape index (κ3) is 1.47. The van der Waals surface area contributed by atoms with Crippen LogP contribution >= 0.6 is 0 Å². The van der Waals surface area contributed by atoms with Crippen molar-refractivity contribution in [2.45, 2.75) is 37.8 Å². The summed E-state index contributed by atoms with van der Waals surface area (Å²) in [5, 5.41) is 0. The number of benzene rings is 1. The van der Waals surface area contributed by atoms with Gasteiger partial charge in [-0.1, -0.05) is 0 Å². The molecule has 0 radical (unpaired) electrons. The summed E-state index contributed by atoms with van der Waals surface area (Å²) in [4.78, 5) is 0. The van der Waals surface area contributed by atoms with E-state index in [2.05, 4.69) is 19.1 Å². The van der Waals surface area contributed by atoms with Crippen LogP contribution in [0.2, 0.25) is 0 Å². The fourth-order valence-corrected chi connectivity index (χ4v) is 2.49. The third-order valence-corrected chi connectivity index (χ3v) is 3.49. The summed E-state index contributed by atoms with van der Waals surface area (Å²) in [6, 6.07) is 4.53. The molecule has 0 spiro atoms. The molecule has 1 saturated carbocycles. The molecule has 3 atom stereocenters. The van der Waals surface area contributed by atoms with E-state index < -0.39 is 0 Å². The van der Waals surface area contributed by atoms with Gasteiger partial charge in [-0.3, -0.25) is 0 Å². The highest BCUT2D eigenvalue weighted by molar-refractivity contribution is 5.51. The van der Waals surface area contributed by atoms with E-state index in [4.69, 9.17) is 15.2 Å². The normalized spacial score (nSPS) is 30.8. The molecule has 2 N–H and O–H groups in total. The molecule has 86 valence electrons. The van der Waals surface area contributed by atoms with E-state index in [1.165, 1.54) is 11.1 Å². The Balaban J connectivity index is 2.02. The standard InChI is InChI=1S/C13H17NO2/c1-7-3-8-4-13(15-2)10(6-12(8)16-7)9-5-11(9)14/h4,6-7,9,11H,3,5,14H2,1-2H3. The second kappa shape index (κ2) is 3.39. The molecule has 1 aromatic rings. The van der Waals surface area contributed by atoms with Crippen LogP contribution < -0.4 is 15.2 Å². The van der Waals surface area contributed by atoms with Gasteiger partial charge in [0.15, 0.2) is 0 Å². The number of methoxy groups -OCH3 is 1. The molecule has 1 aliphatic carbocycles. The number of hydrogen-bond acceptors (Lipinski definition) is 3. The van der Waals surface area contributed by atoms with E-state index >= 15 is 0 Å². The van der Waals surface area contributed by atoms with E-state index in [1.807, 2.05) is 0 Å². The van der Waals surface area contributed by atoms with Gasteiger partial charge in [0.25, 0.3) is 0 Å². The molecule has 3 rings (SSSR count). The minimum absolute atomic E-state index is 0.280. The molecule has 0 aromatic heterocycles. The van der Waals surface area contributed by atoms with E-state index in [0.29, 0.717) is 12.0 Å². The number of ether oxygens (including phenoxy) is 2. The van der Waals surface area contributed by atoms with Crippen LogP contribution in [0.4, 0.5) is 0 Å². The minimum Gasteiger partial charge on any atom is -0.496 e. The summed E-state index contributed by atoms with van der Waals surface area (Å²) in [6.07, 6.45) is 2.32. The number of fused-ring (bicyclic) bond motifs is 1. The highest BCUT2D eigenvalue weighted by atomic mass is 16.5. The molecule has 1 aromatic carbocycles. The van der Waals surface area contributed by atoms with Crippen LogP contribution in [0, 0.1) is 0 Å². The Morgan fingerprint density at radius 2 is 2.19 bits per heavy atom. The molecule has 16 heavy (non-hydrogen) atoms. The van der Waals surface area contributed by atoms with Crippen molar-refractivity contribution in [1.82, 2.24) is 0 Å². The smallest absolute Gasteiger partial charge is 0.123 e. The third-order valence-electron chi connectivity index (χ3n) is 3.49. The van der Waals surface area contributed by atoms with Crippen LogP contribution in [0.5, 0.6) is 11.5 Å². The van der Waals surface area contributed by atoms with Crippen molar-refractivity contribution in [2.75, 3.05) is 7.11 Å². The van der Waals surface area contributed by atoms with Crippen molar-refractivity contribution in [1.29, 1.82) is 0 Å². The van der Waals surface area contributed by atoms with Gasteiger partial charge in [-0.25, -0.2) is 0 Å². The van der Waals surface area contributed by atoms with Crippen molar-refractivity contribution in [3.8, 4) is 11.5 Å². The zero-order valence-corrected chi connectivity index (χ0v) is 9.69. The molecule has 0 saturated heterocycles. The highest BCUT2D eigenvalue weighted by Gasteiger charge is 2.38. The molecule has 3 unspecified atom stereocenters. The average molecular weight is 219 g/mol. The lowest BCUT2D eigenvalue weighted by Crippen LogP contribution is -2.05. The maximum absolute atomic E-state index is 5.90. The second-order valence-electron chi connectivity index (χ2n) is 4.84. The first kappa shape index (κ1) is 9.97. The predicted molar refractivity (Wildman–Crippen MR) is 62.1 cm³/mol. The van der Waals surface area contributed by atoms with Gasteiger partial charge in [-0.2, -0.15) is 0 Å². The Labute approximate surface area is 95.5 Å². The zero-order valence-electron chi connectivity index (χ0n) is 9.69. The fourth-order valence-electron chi connectivity index (χ4n) is 2.49. The highest BCUT2D eigenvalue weighted by Crippen LogP contribution is 2.46. The number of rotatable bonds is 2. The number of nitrogens with two attached hydrogens (primary N) is 1. The summed E-state index contributed by atoms with van der Waals surface area (Å²) in [6.45, 7) is 2.09. The van der Waals surface area contributed by atoms with Crippen LogP contribution in [0.15, 0.2) is 12.1 Å². The van der Waals surface area contributed by atoms with Crippen LogP contribution in [0.25, 0.3) is 0 Å². The minimum atomic E-state index is 0.280. The summed E-state index contributed by atoms with van der Waals surface area (Å²) < 4.78 is 11.2. The first-order chi connectivity index (χ1) is 7.69. The molecule has 0 bridgehead atoms. The largest absolute Gasteiger partial charge is 0.496 e. The Morgan fingerprint density at radius 1 is 1.44 bits per heavy atom. The van der Waals surface area contributed by atoms with E-state index in [1.54, 1.807) is 7.11 Å². The molecule has 1 fully saturated rings. The summed E-state index contributed by atoms with van der Waals surface area (Å²) >= 11 is 0. The SMILES string of the molecule is COc1cc2c(cc1C1CC1N)OC(C)C2. The first-order valence-electron chi connectivity index (χ1n) is 5.82. The van der Waals surface area contributed by atoms with Crippen molar-refractivity contribution in [3.05, 3.63) is 23.3 Å². The van der Waals surface area contributed by atoms with Gasteiger partial charge in [-0.05, 0) is 25.5 Å². The summed E-state index contributed by atoms with van der Waals surface area (Å²) in [5.41, 5.74) is 8.36. The average Bonchev–Trinajstić information content (AvgIpc) is 2.86. The Morgan fingerprint density at radius 3 is 2.81 bits per heavy atom. The predicted octanol–water partition coefficient (Wildman–Crippen LogP) is 1.83. The van der Waals surface area contributed by atoms with Gasteiger partial charge >= 0.3 is 0 Å². The van der Waals surface area contributed by atoms with Crippen LogP contribution in [-0.4, -0.2) is 19.3 Å². The van der Waals surface area contributed by atoms with E-state index in [0.717, 1.165) is 24.3 Å². The van der Waals surface area contributed by atoms with Crippen LogP contribution in [-0.2, 0) is 6.42 Å². The van der Waals surface area contributed by atoms with Crippen molar-refractivity contribution in [2.24, 2.45) is 5.73 Å². The van der Waals surface area contributed by atoms with Crippen molar-refractivity contribution >= 4 is 0 Å². The van der Waals surface area contributed by atoms with Gasteiger partial charge in [-0.15, -0.1) is 0 Å². The maximum Gasteiger partial charge on any atom is 0.123 e. The quantitative estimate of drug-likeness (QED) is 0.825. The fraction of sp³-hybridized carbons (Fsp3) is 0.538. The molecule has 1 aliphatic heterocycles. The van der Waals surface area contributed by atoms with Gasteiger partial charge in [0.1, 0.15) is 17.6 Å². The molecular weight excluding hydrogens is 202 g/mol. The van der Waals surface area contributed by atoms with Crippen molar-refractivity contribution in [3.63, 3.8) is 0 Å². The lowest BCUT2D eigenvalue weighted by atomic mass is 10.0. The van der Waals surface area contributed by atoms with Crippen molar-refractivity contribution < 1.29 is 9.47 Å². The van der Waals surface area contributed by atoms with Gasteiger partial charge in [0.2, 0.25) is 0 Å². The molecule has 0 amide bonds. The van der Waals surface area contributed by atoms with Gasteiger partial charge < -0.3 is 15.2 Å². The lowest BCUT2D eigenvalue weighted by Gasteiger charge is -2.10. The lowest BCUT2D eigenvalue weighted by molar-refractivity contribution is 0.254. The van der Waals surface area contributed by atoms with E-state index in [-0.39, 0.29) is 6.10 Å². The molecular formula is C13H17NO2.